The molecule has 0 rings (SSSR count). The van der Waals surface area contributed by atoms with Gasteiger partial charge in [-0.25, -0.2) is 9.18 Å². The van der Waals surface area contributed by atoms with Crippen molar-refractivity contribution < 1.29 is 19.1 Å². The SMILES string of the molecule is C=CCC(F)(C(C)=O)C(=O)O. The van der Waals surface area contributed by atoms with E-state index in [4.69, 9.17) is 5.11 Å². The molecular weight excluding hydrogens is 151 g/mol. The van der Waals surface area contributed by atoms with Gasteiger partial charge >= 0.3 is 5.97 Å². The molecular formula is C7H9FO3. The first-order valence-corrected chi connectivity index (χ1v) is 2.99. The van der Waals surface area contributed by atoms with Crippen LogP contribution in [0.4, 0.5) is 4.39 Å². The molecule has 1 unspecified atom stereocenters. The van der Waals surface area contributed by atoms with Crippen molar-refractivity contribution in [2.24, 2.45) is 0 Å². The third-order valence-corrected chi connectivity index (χ3v) is 1.32. The summed E-state index contributed by atoms with van der Waals surface area (Å²) < 4.78 is 13.0. The normalized spacial score (nSPS) is 15.1. The van der Waals surface area contributed by atoms with Crippen LogP contribution in [-0.4, -0.2) is 22.5 Å². The molecule has 0 bridgehead atoms. The minimum atomic E-state index is -2.79. The number of carboxylic acid groups (broad SMARTS) is 1. The Morgan fingerprint density at radius 1 is 1.73 bits per heavy atom. The second kappa shape index (κ2) is 3.27. The molecule has 0 aliphatic heterocycles. The van der Waals surface area contributed by atoms with Crippen molar-refractivity contribution in [3.63, 3.8) is 0 Å². The van der Waals surface area contributed by atoms with E-state index in [1.54, 1.807) is 0 Å². The zero-order chi connectivity index (χ0) is 9.07. The molecule has 0 saturated carbocycles. The maximum Gasteiger partial charge on any atom is 0.349 e. The molecule has 0 saturated heterocycles. The average Bonchev–Trinajstić information content (AvgIpc) is 1.87. The summed E-state index contributed by atoms with van der Waals surface area (Å²) in [6.45, 7) is 4.06. The summed E-state index contributed by atoms with van der Waals surface area (Å²) in [5, 5.41) is 8.29. The molecule has 0 spiro atoms. The first kappa shape index (κ1) is 9.81. The molecule has 0 radical (unpaired) electrons. The molecule has 0 aromatic carbocycles. The van der Waals surface area contributed by atoms with Crippen LogP contribution < -0.4 is 0 Å². The fourth-order valence-electron chi connectivity index (χ4n) is 0.581. The van der Waals surface area contributed by atoms with Crippen molar-refractivity contribution in [1.29, 1.82) is 0 Å². The van der Waals surface area contributed by atoms with E-state index in [0.29, 0.717) is 0 Å². The highest BCUT2D eigenvalue weighted by atomic mass is 19.1. The highest BCUT2D eigenvalue weighted by Crippen LogP contribution is 2.18. The van der Waals surface area contributed by atoms with Crippen LogP contribution in [0.15, 0.2) is 12.7 Å². The van der Waals surface area contributed by atoms with Gasteiger partial charge in [0.25, 0.3) is 5.67 Å². The van der Waals surface area contributed by atoms with Gasteiger partial charge in [0.1, 0.15) is 0 Å². The first-order chi connectivity index (χ1) is 4.95. The third-order valence-electron chi connectivity index (χ3n) is 1.32. The maximum atomic E-state index is 13.0. The van der Waals surface area contributed by atoms with Crippen LogP contribution in [-0.2, 0) is 9.59 Å². The van der Waals surface area contributed by atoms with Gasteiger partial charge in [0, 0.05) is 6.42 Å². The van der Waals surface area contributed by atoms with Crippen LogP contribution in [0.1, 0.15) is 13.3 Å². The van der Waals surface area contributed by atoms with E-state index in [0.717, 1.165) is 13.0 Å². The van der Waals surface area contributed by atoms with E-state index in [9.17, 15) is 14.0 Å². The maximum absolute atomic E-state index is 13.0. The molecule has 0 heterocycles. The van der Waals surface area contributed by atoms with Crippen LogP contribution in [0, 0.1) is 0 Å². The number of aliphatic carboxylic acids is 1. The molecule has 0 aromatic rings. The quantitative estimate of drug-likeness (QED) is 0.492. The van der Waals surface area contributed by atoms with Crippen molar-refractivity contribution in [3.05, 3.63) is 12.7 Å². The minimum absolute atomic E-state index is 0.488. The van der Waals surface area contributed by atoms with Crippen LogP contribution in [0.3, 0.4) is 0 Å². The molecule has 1 N–H and O–H groups in total. The fraction of sp³-hybridized carbons (Fsp3) is 0.429. The molecule has 0 aliphatic carbocycles. The first-order valence-electron chi connectivity index (χ1n) is 2.99. The number of carbonyl (C=O) groups is 2. The predicted molar refractivity (Wildman–Crippen MR) is 37.0 cm³/mol. The summed E-state index contributed by atoms with van der Waals surface area (Å²) in [6, 6.07) is 0. The van der Waals surface area contributed by atoms with Crippen molar-refractivity contribution in [2.75, 3.05) is 0 Å². The number of rotatable bonds is 4. The zero-order valence-electron chi connectivity index (χ0n) is 6.13. The highest BCUT2D eigenvalue weighted by molar-refractivity contribution is 6.05. The number of ketones is 1. The Labute approximate surface area is 63.5 Å². The lowest BCUT2D eigenvalue weighted by molar-refractivity contribution is -0.156. The van der Waals surface area contributed by atoms with E-state index in [2.05, 4.69) is 6.58 Å². The standard InChI is InChI=1S/C7H9FO3/c1-3-4-7(8,5(2)9)6(10)11/h3H,1,4H2,2H3,(H,10,11). The van der Waals surface area contributed by atoms with Crippen molar-refractivity contribution in [1.82, 2.24) is 0 Å². The lowest BCUT2D eigenvalue weighted by atomic mass is 9.98. The number of Topliss-reactive ketones (excluding diaryl/α,β-unsaturated/α-hetero) is 1. The second-order valence-electron chi connectivity index (χ2n) is 2.16. The molecule has 3 nitrogen and oxygen atoms in total. The van der Waals surface area contributed by atoms with Crippen molar-refractivity contribution >= 4 is 11.8 Å². The molecule has 1 atom stereocenters. The van der Waals surface area contributed by atoms with Gasteiger partial charge in [0.2, 0.25) is 0 Å². The summed E-state index contributed by atoms with van der Waals surface area (Å²) in [5.41, 5.74) is -2.79. The van der Waals surface area contributed by atoms with E-state index < -0.39 is 23.8 Å². The molecule has 0 amide bonds. The van der Waals surface area contributed by atoms with E-state index in [1.807, 2.05) is 0 Å². The number of hydrogen-bond donors (Lipinski definition) is 1. The molecule has 0 aliphatic rings. The lowest BCUT2D eigenvalue weighted by Crippen LogP contribution is -2.40. The van der Waals surface area contributed by atoms with E-state index in [1.165, 1.54) is 0 Å². The van der Waals surface area contributed by atoms with Gasteiger partial charge in [-0.15, -0.1) is 6.58 Å². The van der Waals surface area contributed by atoms with Crippen molar-refractivity contribution in [2.45, 2.75) is 19.0 Å². The van der Waals surface area contributed by atoms with Crippen LogP contribution in [0.25, 0.3) is 0 Å². The highest BCUT2D eigenvalue weighted by Gasteiger charge is 2.42. The third kappa shape index (κ3) is 1.86. The number of allylic oxidation sites excluding steroid dienone is 1. The minimum Gasteiger partial charge on any atom is -0.479 e. The van der Waals surface area contributed by atoms with Gasteiger partial charge in [-0.2, -0.15) is 0 Å². The molecule has 62 valence electrons. The fourth-order valence-corrected chi connectivity index (χ4v) is 0.581. The molecule has 0 fully saturated rings. The summed E-state index contributed by atoms with van der Waals surface area (Å²) in [4.78, 5) is 20.7. The molecule has 0 aromatic heterocycles. The van der Waals surface area contributed by atoms with Gasteiger partial charge in [-0.1, -0.05) is 6.08 Å². The van der Waals surface area contributed by atoms with Crippen LogP contribution in [0.2, 0.25) is 0 Å². The number of alkyl halides is 1. The topological polar surface area (TPSA) is 54.4 Å². The zero-order valence-corrected chi connectivity index (χ0v) is 6.13. The summed E-state index contributed by atoms with van der Waals surface area (Å²) in [7, 11) is 0. The Morgan fingerprint density at radius 3 is 2.27 bits per heavy atom. The smallest absolute Gasteiger partial charge is 0.349 e. The van der Waals surface area contributed by atoms with Crippen LogP contribution in [0.5, 0.6) is 0 Å². The van der Waals surface area contributed by atoms with Gasteiger partial charge in [-0.3, -0.25) is 4.79 Å². The molecule has 11 heavy (non-hydrogen) atoms. The number of carboxylic acids is 1. The average molecular weight is 160 g/mol. The van der Waals surface area contributed by atoms with E-state index in [-0.39, 0.29) is 0 Å². The Morgan fingerprint density at radius 2 is 2.18 bits per heavy atom. The van der Waals surface area contributed by atoms with Gasteiger partial charge in [0.15, 0.2) is 5.78 Å². The monoisotopic (exact) mass is 160 g/mol. The number of carbonyl (C=O) groups excluding carboxylic acids is 1. The van der Waals surface area contributed by atoms with Gasteiger partial charge < -0.3 is 5.11 Å². The second-order valence-corrected chi connectivity index (χ2v) is 2.16. The predicted octanol–water partition coefficient (Wildman–Crippen LogP) is 0.944. The Kier molecular flexibility index (Phi) is 2.92. The Hall–Kier alpha value is -1.19. The largest absolute Gasteiger partial charge is 0.479 e. The Bertz CT molecular complexity index is 184. The summed E-state index contributed by atoms with van der Waals surface area (Å²) >= 11 is 0. The van der Waals surface area contributed by atoms with Crippen LogP contribution >= 0.6 is 0 Å². The number of hydrogen-bond acceptors (Lipinski definition) is 2. The van der Waals surface area contributed by atoms with Crippen molar-refractivity contribution in [3.8, 4) is 0 Å². The summed E-state index contributed by atoms with van der Waals surface area (Å²) in [5.74, 6) is -2.77. The Balaban J connectivity index is 4.65. The van der Waals surface area contributed by atoms with Gasteiger partial charge in [0.05, 0.1) is 0 Å². The molecule has 4 heteroatoms. The lowest BCUT2D eigenvalue weighted by Gasteiger charge is -2.13. The van der Waals surface area contributed by atoms with E-state index >= 15 is 0 Å². The summed E-state index contributed by atoms with van der Waals surface area (Å²) in [6.07, 6.45) is 0.577. The number of halogens is 1. The van der Waals surface area contributed by atoms with Gasteiger partial charge in [-0.05, 0) is 6.92 Å².